The molecule has 0 aromatic heterocycles. The van der Waals surface area contributed by atoms with Crippen LogP contribution in [0.5, 0.6) is 0 Å². The van der Waals surface area contributed by atoms with Gasteiger partial charge < -0.3 is 39.8 Å². The van der Waals surface area contributed by atoms with Crippen LogP contribution in [0.25, 0.3) is 0 Å². The van der Waals surface area contributed by atoms with Crippen LogP contribution < -0.4 is 5.32 Å². The van der Waals surface area contributed by atoms with Gasteiger partial charge in [0.15, 0.2) is 6.29 Å². The van der Waals surface area contributed by atoms with E-state index >= 15 is 0 Å². The lowest BCUT2D eigenvalue weighted by Gasteiger charge is -2.36. The molecule has 3 rings (SSSR count). The molecule has 0 radical (unpaired) electrons. The van der Waals surface area contributed by atoms with Crippen molar-refractivity contribution < 1.29 is 44.1 Å². The number of carbonyl (C=O) groups excluding carboxylic acids is 2. The highest BCUT2D eigenvalue weighted by molar-refractivity contribution is 5.70. The van der Waals surface area contributed by atoms with Crippen LogP contribution in [0, 0.1) is 17.8 Å². The first-order chi connectivity index (χ1) is 22.2. The van der Waals surface area contributed by atoms with Crippen LogP contribution in [0.1, 0.15) is 134 Å². The number of rotatable bonds is 16. The molecule has 3 aliphatic rings. The predicted octanol–water partition coefficient (Wildman–Crippen LogP) is 5.45. The Morgan fingerprint density at radius 2 is 1.16 bits per heavy atom. The summed E-state index contributed by atoms with van der Waals surface area (Å²) in [5.41, 5.74) is -3.25. The maximum atomic E-state index is 13.1. The van der Waals surface area contributed by atoms with Gasteiger partial charge in [-0.2, -0.15) is 10.1 Å². The van der Waals surface area contributed by atoms with Crippen molar-refractivity contribution >= 4 is 11.9 Å². The summed E-state index contributed by atoms with van der Waals surface area (Å²) in [6.07, 6.45) is 1.55. The van der Waals surface area contributed by atoms with Gasteiger partial charge in [0.2, 0.25) is 0 Å². The van der Waals surface area contributed by atoms with Crippen LogP contribution in [0.2, 0.25) is 0 Å². The monoisotopic (exact) mass is 700 g/mol. The van der Waals surface area contributed by atoms with Crippen LogP contribution in [0.3, 0.4) is 0 Å². The number of carbonyl (C=O) groups is 2. The summed E-state index contributed by atoms with van der Waals surface area (Å²) >= 11 is 0. The van der Waals surface area contributed by atoms with Gasteiger partial charge in [0, 0.05) is 77.4 Å². The lowest BCUT2D eigenvalue weighted by molar-refractivity contribution is -0.199. The summed E-state index contributed by atoms with van der Waals surface area (Å²) in [5.74, 6) is -0.754. The number of aliphatic hydroxyl groups is 1. The van der Waals surface area contributed by atoms with E-state index in [2.05, 4.69) is 33.0 Å². The second-order valence-electron chi connectivity index (χ2n) is 18.7. The number of esters is 2. The van der Waals surface area contributed by atoms with E-state index < -0.39 is 46.0 Å². The van der Waals surface area contributed by atoms with E-state index in [1.54, 1.807) is 0 Å². The van der Waals surface area contributed by atoms with Gasteiger partial charge in [-0.25, -0.2) is 0 Å². The average molecular weight is 700 g/mol. The fourth-order valence-electron chi connectivity index (χ4n) is 8.89. The number of nitrogens with one attached hydrogen (secondary N) is 1. The van der Waals surface area contributed by atoms with Crippen LogP contribution in [-0.2, 0) is 28.5 Å². The number of hydroxylamine groups is 4. The van der Waals surface area contributed by atoms with Gasteiger partial charge in [-0.3, -0.25) is 9.59 Å². The van der Waals surface area contributed by atoms with E-state index in [9.17, 15) is 25.1 Å². The molecule has 0 amide bonds. The molecule has 12 nitrogen and oxygen atoms in total. The minimum atomic E-state index is -1.18. The van der Waals surface area contributed by atoms with Crippen LogP contribution >= 0.6 is 0 Å². The Labute approximate surface area is 295 Å². The molecule has 0 aromatic rings. The average Bonchev–Trinajstić information content (AvgIpc) is 3.37. The van der Waals surface area contributed by atoms with E-state index in [-0.39, 0.29) is 74.1 Å². The van der Waals surface area contributed by atoms with E-state index in [1.165, 1.54) is 17.2 Å². The highest BCUT2D eigenvalue weighted by atomic mass is 16.6. The minimum Gasteiger partial charge on any atom is -0.465 e. The van der Waals surface area contributed by atoms with Crippen LogP contribution in [0.15, 0.2) is 0 Å². The fraction of sp³-hybridized carbons (Fsp3) is 0.946. The van der Waals surface area contributed by atoms with Gasteiger partial charge in [-0.1, -0.05) is 0 Å². The molecule has 0 bridgehead atoms. The van der Waals surface area contributed by atoms with E-state index in [4.69, 9.17) is 18.9 Å². The Kier molecular flexibility index (Phi) is 12.8. The number of ether oxygens (including phenoxy) is 4. The molecule has 12 heteroatoms. The summed E-state index contributed by atoms with van der Waals surface area (Å²) in [7, 11) is 1.52. The topological polar surface area (TPSA) is 150 Å². The second-order valence-corrected chi connectivity index (χ2v) is 18.7. The number of aliphatic hydroxyl groups excluding tert-OH is 1. The third kappa shape index (κ3) is 9.94. The van der Waals surface area contributed by atoms with Crippen molar-refractivity contribution in [3.05, 3.63) is 0 Å². The molecule has 3 fully saturated rings. The fourth-order valence-corrected chi connectivity index (χ4v) is 8.89. The van der Waals surface area contributed by atoms with Gasteiger partial charge in [-0.15, -0.1) is 0 Å². The van der Waals surface area contributed by atoms with Gasteiger partial charge >= 0.3 is 11.9 Å². The Morgan fingerprint density at radius 3 is 1.49 bits per heavy atom. The largest absolute Gasteiger partial charge is 0.465 e. The second kappa shape index (κ2) is 14.9. The molecule has 0 spiro atoms. The third-order valence-electron chi connectivity index (χ3n) is 12.1. The molecule has 3 saturated heterocycles. The Hall–Kier alpha value is -1.38. The SMILES string of the molecule is COC(CCC(=O)OCC1CC(C)(C)N(O)C1(C)C)(CCC(=O)OCC1CC(C)(C)N(O)C1(C)C)CC(O)OCC1CC(C)(C)NC1(C)C. The highest BCUT2D eigenvalue weighted by Gasteiger charge is 2.53. The van der Waals surface area contributed by atoms with Crippen molar-refractivity contribution in [3.8, 4) is 0 Å². The molecule has 4 unspecified atom stereocenters. The Bertz CT molecular complexity index is 1090. The first kappa shape index (κ1) is 42.0. The molecular formula is C37H69N3O9. The van der Waals surface area contributed by atoms with E-state index in [0.717, 1.165) is 6.42 Å². The number of hydrogen-bond donors (Lipinski definition) is 4. The number of hydrogen-bond acceptors (Lipinski definition) is 12. The zero-order chi connectivity index (χ0) is 37.4. The van der Waals surface area contributed by atoms with Gasteiger partial charge in [-0.05, 0) is 115 Å². The van der Waals surface area contributed by atoms with Crippen LogP contribution in [0.4, 0.5) is 0 Å². The highest BCUT2D eigenvalue weighted by Crippen LogP contribution is 2.45. The van der Waals surface area contributed by atoms with Crippen molar-refractivity contribution in [1.29, 1.82) is 0 Å². The van der Waals surface area contributed by atoms with Gasteiger partial charge in [0.25, 0.3) is 0 Å². The van der Waals surface area contributed by atoms with Gasteiger partial charge in [0.05, 0.1) is 25.4 Å². The molecule has 4 atom stereocenters. The third-order valence-corrected chi connectivity index (χ3v) is 12.1. The smallest absolute Gasteiger partial charge is 0.305 e. The summed E-state index contributed by atoms with van der Waals surface area (Å²) in [6.45, 7) is 24.9. The maximum absolute atomic E-state index is 13.1. The zero-order valence-electron chi connectivity index (χ0n) is 32.8. The summed E-state index contributed by atoms with van der Waals surface area (Å²) in [4.78, 5) is 26.2. The lowest BCUT2D eigenvalue weighted by atomic mass is 9.86. The summed E-state index contributed by atoms with van der Waals surface area (Å²) in [5, 5.41) is 38.8. The Morgan fingerprint density at radius 1 is 0.735 bits per heavy atom. The zero-order valence-corrected chi connectivity index (χ0v) is 32.8. The molecule has 49 heavy (non-hydrogen) atoms. The molecule has 286 valence electrons. The molecule has 3 aliphatic heterocycles. The van der Waals surface area contributed by atoms with Crippen molar-refractivity contribution in [2.75, 3.05) is 26.9 Å². The molecular weight excluding hydrogens is 630 g/mol. The van der Waals surface area contributed by atoms with Crippen LogP contribution in [-0.4, -0.2) is 110 Å². The van der Waals surface area contributed by atoms with Gasteiger partial charge in [0.1, 0.15) is 0 Å². The minimum absolute atomic E-state index is 0.0143. The quantitative estimate of drug-likeness (QED) is 0.120. The molecule has 0 aliphatic carbocycles. The molecule has 4 N–H and O–H groups in total. The number of nitrogens with zero attached hydrogens (tertiary/aromatic N) is 2. The first-order valence-corrected chi connectivity index (χ1v) is 18.1. The first-order valence-electron chi connectivity index (χ1n) is 18.1. The van der Waals surface area contributed by atoms with E-state index in [0.29, 0.717) is 19.4 Å². The maximum Gasteiger partial charge on any atom is 0.305 e. The molecule has 0 saturated carbocycles. The normalized spacial score (nSPS) is 30.2. The summed E-state index contributed by atoms with van der Waals surface area (Å²) < 4.78 is 23.5. The Balaban J connectivity index is 1.64. The lowest BCUT2D eigenvalue weighted by Crippen LogP contribution is -2.47. The van der Waals surface area contributed by atoms with Crippen molar-refractivity contribution in [2.24, 2.45) is 17.8 Å². The standard InChI is InChI=1S/C37H69N3O9/c1-31(2)18-25(34(7,8)38-31)22-49-30(43)21-37(46-13,16-14-28(41)47-23-26-19-32(3,4)39(44)35(26,9)10)17-15-29(42)48-24-27-20-33(5,6)40(45)36(27,11)12/h25-27,30,38,43-45H,14-24H2,1-13H3. The number of methoxy groups -OCH3 is 1. The molecule has 3 heterocycles. The van der Waals surface area contributed by atoms with E-state index in [1.807, 2.05) is 55.4 Å². The summed E-state index contributed by atoms with van der Waals surface area (Å²) in [6, 6.07) is 0. The van der Waals surface area contributed by atoms with Crippen molar-refractivity contribution in [3.63, 3.8) is 0 Å². The molecule has 0 aromatic carbocycles. The van der Waals surface area contributed by atoms with Crippen molar-refractivity contribution in [1.82, 2.24) is 15.4 Å². The predicted molar refractivity (Wildman–Crippen MR) is 186 cm³/mol. The van der Waals surface area contributed by atoms with Crippen molar-refractivity contribution in [2.45, 2.75) is 180 Å².